The molecule has 0 bridgehead atoms. The number of carbonyl (C=O) groups is 1. The molecule has 6 nitrogen and oxygen atoms in total. The van der Waals surface area contributed by atoms with Crippen molar-refractivity contribution in [1.82, 2.24) is 19.6 Å². The van der Waals surface area contributed by atoms with Crippen molar-refractivity contribution in [2.45, 2.75) is 38.6 Å². The molecule has 1 fully saturated rings. The lowest BCUT2D eigenvalue weighted by molar-refractivity contribution is 0.0718. The van der Waals surface area contributed by atoms with Crippen LogP contribution in [-0.4, -0.2) is 32.1 Å². The van der Waals surface area contributed by atoms with Gasteiger partial charge in [0.2, 0.25) is 0 Å². The fraction of sp³-hybridized carbons (Fsp3) is 0.421. The molecule has 3 aromatic rings. The van der Waals surface area contributed by atoms with Gasteiger partial charge < -0.3 is 14.0 Å². The first kappa shape index (κ1) is 15.9. The molecule has 0 aliphatic carbocycles. The molecule has 6 heteroatoms. The number of amides is 1. The first-order valence-corrected chi connectivity index (χ1v) is 8.87. The van der Waals surface area contributed by atoms with Gasteiger partial charge in [0.25, 0.3) is 5.91 Å². The summed E-state index contributed by atoms with van der Waals surface area (Å²) in [5.74, 6) is 1.63. The number of aryl methyl sites for hydroxylation is 2. The zero-order valence-corrected chi connectivity index (χ0v) is 14.6. The van der Waals surface area contributed by atoms with Crippen LogP contribution in [0.25, 0.3) is 11.0 Å². The molecule has 1 unspecified atom stereocenters. The number of aromatic nitrogens is 3. The normalized spacial score (nSPS) is 17.5. The van der Waals surface area contributed by atoms with Gasteiger partial charge in [0.1, 0.15) is 11.6 Å². The predicted octanol–water partition coefficient (Wildman–Crippen LogP) is 3.49. The Morgan fingerprint density at radius 3 is 3.00 bits per heavy atom. The van der Waals surface area contributed by atoms with E-state index in [4.69, 9.17) is 9.51 Å². The minimum Gasteiger partial charge on any atom is -0.361 e. The minimum atomic E-state index is -0.0688. The van der Waals surface area contributed by atoms with Crippen molar-refractivity contribution in [3.05, 3.63) is 47.6 Å². The van der Waals surface area contributed by atoms with Crippen LogP contribution in [0.4, 0.5) is 0 Å². The van der Waals surface area contributed by atoms with Gasteiger partial charge in [-0.15, -0.1) is 0 Å². The number of rotatable bonds is 4. The Labute approximate surface area is 146 Å². The Kier molecular flexibility index (Phi) is 4.03. The second-order valence-electron chi connectivity index (χ2n) is 6.60. The van der Waals surface area contributed by atoms with E-state index in [1.807, 2.05) is 30.1 Å². The van der Waals surface area contributed by atoms with Crippen LogP contribution < -0.4 is 0 Å². The number of nitrogens with zero attached hydrogens (tertiary/aromatic N) is 4. The van der Waals surface area contributed by atoms with Gasteiger partial charge in [-0.25, -0.2) is 4.98 Å². The van der Waals surface area contributed by atoms with Gasteiger partial charge in [-0.1, -0.05) is 24.2 Å². The molecular weight excluding hydrogens is 316 g/mol. The van der Waals surface area contributed by atoms with Crippen molar-refractivity contribution < 1.29 is 9.32 Å². The number of hydrogen-bond acceptors (Lipinski definition) is 4. The van der Waals surface area contributed by atoms with Crippen LogP contribution in [0.2, 0.25) is 0 Å². The lowest BCUT2D eigenvalue weighted by Crippen LogP contribution is -2.32. The van der Waals surface area contributed by atoms with Crippen molar-refractivity contribution in [3.8, 4) is 0 Å². The largest absolute Gasteiger partial charge is 0.361 e. The van der Waals surface area contributed by atoms with Crippen molar-refractivity contribution in [1.29, 1.82) is 0 Å². The molecule has 0 N–H and O–H groups in total. The fourth-order valence-electron chi connectivity index (χ4n) is 3.67. The second kappa shape index (κ2) is 6.35. The third-order valence-corrected chi connectivity index (χ3v) is 4.91. The fourth-order valence-corrected chi connectivity index (χ4v) is 3.67. The van der Waals surface area contributed by atoms with Crippen molar-refractivity contribution >= 4 is 16.9 Å². The molecule has 1 aliphatic heterocycles. The highest BCUT2D eigenvalue weighted by atomic mass is 16.5. The lowest BCUT2D eigenvalue weighted by Gasteiger charge is -2.23. The maximum absolute atomic E-state index is 12.9. The van der Waals surface area contributed by atoms with E-state index < -0.39 is 0 Å². The number of para-hydroxylation sites is 2. The van der Waals surface area contributed by atoms with Crippen molar-refractivity contribution in [3.63, 3.8) is 0 Å². The molecule has 0 saturated carbocycles. The minimum absolute atomic E-state index is 0.0174. The monoisotopic (exact) mass is 338 g/mol. The molecule has 1 saturated heterocycles. The molecular formula is C19H22N4O2. The van der Waals surface area contributed by atoms with Crippen LogP contribution in [0, 0.1) is 0 Å². The Hall–Kier alpha value is -2.63. The number of fused-ring (bicyclic) bond motifs is 1. The summed E-state index contributed by atoms with van der Waals surface area (Å²) in [6, 6.07) is 9.82. The standard InChI is InChI=1S/C19H22N4O2/c1-3-7-13-12-15(21-25-13)19(24)23-11-6-10-17(23)18-20-14-8-4-5-9-16(14)22(18)2/h4-5,8-9,12,17H,3,6-7,10-11H2,1-2H3. The molecule has 4 rings (SSSR count). The van der Waals surface area contributed by atoms with E-state index in [1.165, 1.54) is 0 Å². The van der Waals surface area contributed by atoms with Gasteiger partial charge in [0, 0.05) is 26.1 Å². The van der Waals surface area contributed by atoms with Crippen LogP contribution in [0.5, 0.6) is 0 Å². The number of imidazole rings is 1. The van der Waals surface area contributed by atoms with E-state index in [2.05, 4.69) is 22.7 Å². The summed E-state index contributed by atoms with van der Waals surface area (Å²) in [7, 11) is 2.01. The van der Waals surface area contributed by atoms with E-state index >= 15 is 0 Å². The van der Waals surface area contributed by atoms with E-state index in [-0.39, 0.29) is 11.9 Å². The highest BCUT2D eigenvalue weighted by molar-refractivity contribution is 5.92. The Morgan fingerprint density at radius 2 is 2.20 bits per heavy atom. The first-order chi connectivity index (χ1) is 12.2. The number of benzene rings is 1. The number of likely N-dealkylation sites (tertiary alicyclic amines) is 1. The summed E-state index contributed by atoms with van der Waals surface area (Å²) >= 11 is 0. The highest BCUT2D eigenvalue weighted by Crippen LogP contribution is 2.33. The van der Waals surface area contributed by atoms with Gasteiger partial charge in [-0.05, 0) is 31.4 Å². The molecule has 2 aromatic heterocycles. The van der Waals surface area contributed by atoms with Crippen molar-refractivity contribution in [2.75, 3.05) is 6.54 Å². The summed E-state index contributed by atoms with van der Waals surface area (Å²) < 4.78 is 7.37. The van der Waals surface area contributed by atoms with Crippen molar-refractivity contribution in [2.24, 2.45) is 7.05 Å². The maximum Gasteiger partial charge on any atom is 0.276 e. The quantitative estimate of drug-likeness (QED) is 0.730. The molecule has 0 spiro atoms. The van der Waals surface area contributed by atoms with E-state index in [1.54, 1.807) is 6.07 Å². The third kappa shape index (κ3) is 2.71. The summed E-state index contributed by atoms with van der Waals surface area (Å²) in [4.78, 5) is 19.6. The van der Waals surface area contributed by atoms with Crippen LogP contribution in [0.1, 0.15) is 54.3 Å². The second-order valence-corrected chi connectivity index (χ2v) is 6.60. The highest BCUT2D eigenvalue weighted by Gasteiger charge is 2.34. The third-order valence-electron chi connectivity index (χ3n) is 4.91. The SMILES string of the molecule is CCCc1cc(C(=O)N2CCCC2c2nc3ccccc3n2C)no1. The van der Waals surface area contributed by atoms with E-state index in [9.17, 15) is 4.79 Å². The van der Waals surface area contributed by atoms with Gasteiger partial charge in [-0.2, -0.15) is 0 Å². The zero-order chi connectivity index (χ0) is 17.4. The average molecular weight is 338 g/mol. The Morgan fingerprint density at radius 1 is 1.36 bits per heavy atom. The Bertz CT molecular complexity index is 911. The van der Waals surface area contributed by atoms with Gasteiger partial charge in [-0.3, -0.25) is 4.79 Å². The lowest BCUT2D eigenvalue weighted by atomic mass is 10.2. The predicted molar refractivity (Wildman–Crippen MR) is 94.2 cm³/mol. The Balaban J connectivity index is 1.65. The molecule has 3 heterocycles. The van der Waals surface area contributed by atoms with Gasteiger partial charge in [0.05, 0.1) is 17.1 Å². The van der Waals surface area contributed by atoms with Crippen LogP contribution >= 0.6 is 0 Å². The smallest absolute Gasteiger partial charge is 0.276 e. The van der Waals surface area contributed by atoms with Crippen LogP contribution in [0.15, 0.2) is 34.9 Å². The molecule has 1 aromatic carbocycles. The molecule has 1 aliphatic rings. The number of hydrogen-bond donors (Lipinski definition) is 0. The van der Waals surface area contributed by atoms with Crippen LogP contribution in [-0.2, 0) is 13.5 Å². The molecule has 130 valence electrons. The molecule has 1 atom stereocenters. The molecule has 0 radical (unpaired) electrons. The van der Waals surface area contributed by atoms with Gasteiger partial charge >= 0.3 is 0 Å². The summed E-state index contributed by atoms with van der Waals surface area (Å²) in [6.07, 6.45) is 3.66. The number of carbonyl (C=O) groups excluding carboxylic acids is 1. The van der Waals surface area contributed by atoms with E-state index in [0.29, 0.717) is 5.69 Å². The zero-order valence-electron chi connectivity index (χ0n) is 14.6. The first-order valence-electron chi connectivity index (χ1n) is 8.87. The average Bonchev–Trinajstić information content (AvgIpc) is 3.34. The van der Waals surface area contributed by atoms with Gasteiger partial charge in [0.15, 0.2) is 5.69 Å². The summed E-state index contributed by atoms with van der Waals surface area (Å²) in [5.41, 5.74) is 2.45. The topological polar surface area (TPSA) is 64.2 Å². The molecule has 25 heavy (non-hydrogen) atoms. The molecule has 1 amide bonds. The summed E-state index contributed by atoms with van der Waals surface area (Å²) in [6.45, 7) is 2.80. The van der Waals surface area contributed by atoms with E-state index in [0.717, 1.165) is 54.8 Å². The van der Waals surface area contributed by atoms with Crippen LogP contribution in [0.3, 0.4) is 0 Å². The maximum atomic E-state index is 12.9. The summed E-state index contributed by atoms with van der Waals surface area (Å²) in [5, 5.41) is 3.98.